The first-order valence-electron chi connectivity index (χ1n) is 6.76. The molecule has 2 amide bonds. The Kier molecular flexibility index (Phi) is 6.01. The first-order chi connectivity index (χ1) is 8.17. The molecule has 4 nitrogen and oxygen atoms in total. The molecule has 1 aliphatic rings. The first-order valence-corrected chi connectivity index (χ1v) is 6.76. The SMILES string of the molecule is CCCC(=O)N[C@@H]1CCC[C@H]1NC(=O)CCC. The predicted octanol–water partition coefficient (Wildman–Crippen LogP) is 1.74. The molecular formula is C13H24N2O2. The summed E-state index contributed by atoms with van der Waals surface area (Å²) in [5.41, 5.74) is 0. The van der Waals surface area contributed by atoms with Gasteiger partial charge in [0, 0.05) is 24.9 Å². The van der Waals surface area contributed by atoms with Gasteiger partial charge in [-0.1, -0.05) is 13.8 Å². The van der Waals surface area contributed by atoms with Gasteiger partial charge in [0.2, 0.25) is 11.8 Å². The molecule has 1 rings (SSSR count). The van der Waals surface area contributed by atoms with Crippen LogP contribution in [0.5, 0.6) is 0 Å². The largest absolute Gasteiger partial charge is 0.351 e. The minimum atomic E-state index is 0.106. The van der Waals surface area contributed by atoms with E-state index in [1.54, 1.807) is 0 Å². The zero-order chi connectivity index (χ0) is 12.7. The van der Waals surface area contributed by atoms with Crippen LogP contribution in [0, 0.1) is 0 Å². The van der Waals surface area contributed by atoms with Gasteiger partial charge in [-0.15, -0.1) is 0 Å². The van der Waals surface area contributed by atoms with Crippen molar-refractivity contribution in [3.05, 3.63) is 0 Å². The van der Waals surface area contributed by atoms with Gasteiger partial charge < -0.3 is 10.6 Å². The van der Waals surface area contributed by atoms with Crippen LogP contribution in [0.25, 0.3) is 0 Å². The van der Waals surface area contributed by atoms with Crippen LogP contribution in [0.15, 0.2) is 0 Å². The number of hydrogen-bond acceptors (Lipinski definition) is 2. The standard InChI is InChI=1S/C13H24N2O2/c1-3-6-12(16)14-10-8-5-9-11(10)15-13(17)7-4-2/h10-11H,3-9H2,1-2H3,(H,14,16)(H,15,17)/t10-,11-/m1/s1. The van der Waals surface area contributed by atoms with Crippen molar-refractivity contribution in [1.82, 2.24) is 10.6 Å². The fourth-order valence-electron chi connectivity index (χ4n) is 2.32. The molecule has 98 valence electrons. The van der Waals surface area contributed by atoms with Crippen molar-refractivity contribution in [2.45, 2.75) is 70.9 Å². The normalized spacial score (nSPS) is 23.4. The van der Waals surface area contributed by atoms with Crippen LogP contribution in [0.2, 0.25) is 0 Å². The van der Waals surface area contributed by atoms with Crippen LogP contribution in [-0.2, 0) is 9.59 Å². The summed E-state index contributed by atoms with van der Waals surface area (Å²) in [6, 6.07) is 0.268. The second-order valence-corrected chi connectivity index (χ2v) is 4.78. The number of nitrogens with one attached hydrogen (secondary N) is 2. The van der Waals surface area contributed by atoms with E-state index in [0.29, 0.717) is 12.8 Å². The maximum atomic E-state index is 11.5. The van der Waals surface area contributed by atoms with E-state index in [-0.39, 0.29) is 23.9 Å². The van der Waals surface area contributed by atoms with Crippen LogP contribution in [0.4, 0.5) is 0 Å². The number of rotatable bonds is 6. The third kappa shape index (κ3) is 4.75. The Hall–Kier alpha value is -1.06. The fraction of sp³-hybridized carbons (Fsp3) is 0.846. The van der Waals surface area contributed by atoms with Gasteiger partial charge in [-0.3, -0.25) is 9.59 Å². The number of carbonyl (C=O) groups is 2. The molecule has 0 spiro atoms. The van der Waals surface area contributed by atoms with Gasteiger partial charge in [0.15, 0.2) is 0 Å². The van der Waals surface area contributed by atoms with E-state index in [1.165, 1.54) is 0 Å². The van der Waals surface area contributed by atoms with E-state index in [9.17, 15) is 9.59 Å². The van der Waals surface area contributed by atoms with Crippen molar-refractivity contribution in [3.8, 4) is 0 Å². The summed E-state index contributed by atoms with van der Waals surface area (Å²) in [6.07, 6.45) is 5.92. The van der Waals surface area contributed by atoms with Crippen molar-refractivity contribution < 1.29 is 9.59 Å². The third-order valence-electron chi connectivity index (χ3n) is 3.16. The van der Waals surface area contributed by atoms with Gasteiger partial charge >= 0.3 is 0 Å². The lowest BCUT2D eigenvalue weighted by molar-refractivity contribution is -0.124. The lowest BCUT2D eigenvalue weighted by atomic mass is 10.1. The molecule has 17 heavy (non-hydrogen) atoms. The van der Waals surface area contributed by atoms with E-state index in [4.69, 9.17) is 0 Å². The van der Waals surface area contributed by atoms with Crippen molar-refractivity contribution in [2.24, 2.45) is 0 Å². The van der Waals surface area contributed by atoms with Crippen molar-refractivity contribution in [1.29, 1.82) is 0 Å². The van der Waals surface area contributed by atoms with Crippen molar-refractivity contribution >= 4 is 11.8 Å². The van der Waals surface area contributed by atoms with Gasteiger partial charge in [-0.25, -0.2) is 0 Å². The highest BCUT2D eigenvalue weighted by Crippen LogP contribution is 2.19. The summed E-state index contributed by atoms with van der Waals surface area (Å²) in [7, 11) is 0. The summed E-state index contributed by atoms with van der Waals surface area (Å²) in [5.74, 6) is 0.211. The molecule has 0 aromatic rings. The van der Waals surface area contributed by atoms with E-state index in [1.807, 2.05) is 13.8 Å². The Morgan fingerprint density at radius 2 is 1.35 bits per heavy atom. The molecule has 0 aromatic carbocycles. The maximum absolute atomic E-state index is 11.5. The average Bonchev–Trinajstić information content (AvgIpc) is 2.66. The molecule has 0 radical (unpaired) electrons. The minimum Gasteiger partial charge on any atom is -0.351 e. The lowest BCUT2D eigenvalue weighted by Crippen LogP contribution is -2.48. The molecule has 1 saturated carbocycles. The van der Waals surface area contributed by atoms with E-state index in [0.717, 1.165) is 32.1 Å². The number of hydrogen-bond donors (Lipinski definition) is 2. The monoisotopic (exact) mass is 240 g/mol. The Balaban J connectivity index is 2.38. The molecule has 1 fully saturated rings. The molecule has 0 bridgehead atoms. The summed E-state index contributed by atoms with van der Waals surface area (Å²) < 4.78 is 0. The third-order valence-corrected chi connectivity index (χ3v) is 3.16. The molecule has 0 unspecified atom stereocenters. The molecule has 0 saturated heterocycles. The number of carbonyl (C=O) groups excluding carboxylic acids is 2. The van der Waals surface area contributed by atoms with Gasteiger partial charge in [0.05, 0.1) is 0 Å². The molecule has 0 aromatic heterocycles. The van der Waals surface area contributed by atoms with Gasteiger partial charge in [-0.05, 0) is 32.1 Å². The quantitative estimate of drug-likeness (QED) is 0.743. The topological polar surface area (TPSA) is 58.2 Å². The molecular weight excluding hydrogens is 216 g/mol. The van der Waals surface area contributed by atoms with Crippen molar-refractivity contribution in [3.63, 3.8) is 0 Å². The molecule has 2 N–H and O–H groups in total. The zero-order valence-electron chi connectivity index (χ0n) is 10.9. The van der Waals surface area contributed by atoms with Gasteiger partial charge in [0.1, 0.15) is 0 Å². The molecule has 2 atom stereocenters. The molecule has 1 aliphatic carbocycles. The van der Waals surface area contributed by atoms with Crippen LogP contribution in [0.3, 0.4) is 0 Å². The Morgan fingerprint density at radius 3 is 1.71 bits per heavy atom. The summed E-state index contributed by atoms with van der Waals surface area (Å²) in [4.78, 5) is 23.1. The fourth-order valence-corrected chi connectivity index (χ4v) is 2.32. The highest BCUT2D eigenvalue weighted by atomic mass is 16.2. The van der Waals surface area contributed by atoms with Gasteiger partial charge in [-0.2, -0.15) is 0 Å². The second-order valence-electron chi connectivity index (χ2n) is 4.78. The van der Waals surface area contributed by atoms with Crippen LogP contribution < -0.4 is 10.6 Å². The highest BCUT2D eigenvalue weighted by Gasteiger charge is 2.29. The van der Waals surface area contributed by atoms with Gasteiger partial charge in [0.25, 0.3) is 0 Å². The Bertz CT molecular complexity index is 240. The lowest BCUT2D eigenvalue weighted by Gasteiger charge is -2.22. The summed E-state index contributed by atoms with van der Waals surface area (Å²) in [5, 5.41) is 6.05. The highest BCUT2D eigenvalue weighted by molar-refractivity contribution is 5.77. The number of amides is 2. The van der Waals surface area contributed by atoms with Crippen LogP contribution >= 0.6 is 0 Å². The van der Waals surface area contributed by atoms with Crippen molar-refractivity contribution in [2.75, 3.05) is 0 Å². The Morgan fingerprint density at radius 1 is 0.941 bits per heavy atom. The summed E-state index contributed by atoms with van der Waals surface area (Å²) in [6.45, 7) is 3.99. The molecule has 4 heteroatoms. The van der Waals surface area contributed by atoms with Crippen LogP contribution in [0.1, 0.15) is 58.8 Å². The molecule has 0 aliphatic heterocycles. The smallest absolute Gasteiger partial charge is 0.220 e. The van der Waals surface area contributed by atoms with Crippen LogP contribution in [-0.4, -0.2) is 23.9 Å². The minimum absolute atomic E-state index is 0.106. The molecule has 0 heterocycles. The average molecular weight is 240 g/mol. The first kappa shape index (κ1) is 14.0. The van der Waals surface area contributed by atoms with E-state index < -0.39 is 0 Å². The van der Waals surface area contributed by atoms with E-state index >= 15 is 0 Å². The predicted molar refractivity (Wildman–Crippen MR) is 67.5 cm³/mol. The second kappa shape index (κ2) is 7.30. The Labute approximate surface area is 104 Å². The summed E-state index contributed by atoms with van der Waals surface area (Å²) >= 11 is 0. The maximum Gasteiger partial charge on any atom is 0.220 e. The van der Waals surface area contributed by atoms with E-state index in [2.05, 4.69) is 10.6 Å². The zero-order valence-corrected chi connectivity index (χ0v) is 10.9.